The van der Waals surface area contributed by atoms with Gasteiger partial charge in [0.25, 0.3) is 0 Å². The molecule has 0 heterocycles. The molecule has 96 valence electrons. The van der Waals surface area contributed by atoms with Crippen molar-refractivity contribution in [2.45, 2.75) is 65.5 Å². The minimum absolute atomic E-state index is 0.512. The Bertz CT molecular complexity index is 174. The van der Waals surface area contributed by atoms with Gasteiger partial charge in [-0.1, -0.05) is 20.8 Å². The van der Waals surface area contributed by atoms with Crippen LogP contribution in [0.25, 0.3) is 0 Å². The third-order valence-corrected chi connectivity index (χ3v) is 3.70. The molecule has 1 fully saturated rings. The standard InChI is InChI=1S/C14H29NO/c1-5-13(4)15-6-7-16-14-9-11(2)8-12(3)10-14/h11-15H,5-10H2,1-4H3. The molecule has 0 bridgehead atoms. The lowest BCUT2D eigenvalue weighted by atomic mass is 9.82. The van der Waals surface area contributed by atoms with Crippen molar-refractivity contribution in [2.24, 2.45) is 11.8 Å². The summed E-state index contributed by atoms with van der Waals surface area (Å²) in [4.78, 5) is 0. The maximum atomic E-state index is 5.96. The molecular weight excluding hydrogens is 198 g/mol. The zero-order chi connectivity index (χ0) is 12.0. The predicted molar refractivity (Wildman–Crippen MR) is 69.7 cm³/mol. The van der Waals surface area contributed by atoms with Gasteiger partial charge in [0.05, 0.1) is 12.7 Å². The Kier molecular flexibility index (Phi) is 6.37. The molecule has 0 amide bonds. The van der Waals surface area contributed by atoms with E-state index in [9.17, 15) is 0 Å². The zero-order valence-corrected chi connectivity index (χ0v) is 11.5. The van der Waals surface area contributed by atoms with E-state index < -0.39 is 0 Å². The molecule has 0 aromatic rings. The van der Waals surface area contributed by atoms with Crippen molar-refractivity contribution in [3.05, 3.63) is 0 Å². The molecule has 3 unspecified atom stereocenters. The Morgan fingerprint density at radius 2 is 1.81 bits per heavy atom. The monoisotopic (exact) mass is 227 g/mol. The minimum Gasteiger partial charge on any atom is -0.377 e. The molecule has 1 N–H and O–H groups in total. The molecule has 0 aromatic heterocycles. The summed E-state index contributed by atoms with van der Waals surface area (Å²) in [7, 11) is 0. The Morgan fingerprint density at radius 1 is 1.19 bits per heavy atom. The lowest BCUT2D eigenvalue weighted by molar-refractivity contribution is 0.00211. The second-order valence-corrected chi connectivity index (χ2v) is 5.67. The number of nitrogens with one attached hydrogen (secondary N) is 1. The second kappa shape index (κ2) is 7.29. The highest BCUT2D eigenvalue weighted by molar-refractivity contribution is 4.75. The summed E-state index contributed by atoms with van der Waals surface area (Å²) in [5, 5.41) is 3.47. The van der Waals surface area contributed by atoms with Gasteiger partial charge in [-0.2, -0.15) is 0 Å². The van der Waals surface area contributed by atoms with Crippen LogP contribution in [0.4, 0.5) is 0 Å². The van der Waals surface area contributed by atoms with Gasteiger partial charge in [0.1, 0.15) is 0 Å². The Hall–Kier alpha value is -0.0800. The lowest BCUT2D eigenvalue weighted by Crippen LogP contribution is -2.32. The van der Waals surface area contributed by atoms with Crippen LogP contribution in [0, 0.1) is 11.8 Å². The van der Waals surface area contributed by atoms with Crippen LogP contribution < -0.4 is 5.32 Å². The van der Waals surface area contributed by atoms with Gasteiger partial charge in [-0.05, 0) is 44.4 Å². The van der Waals surface area contributed by atoms with E-state index in [1.807, 2.05) is 0 Å². The minimum atomic E-state index is 0.512. The van der Waals surface area contributed by atoms with E-state index in [0.717, 1.165) is 25.0 Å². The SMILES string of the molecule is CCC(C)NCCOC1CC(C)CC(C)C1. The van der Waals surface area contributed by atoms with Crippen LogP contribution in [0.5, 0.6) is 0 Å². The average Bonchev–Trinajstić information content (AvgIpc) is 2.22. The van der Waals surface area contributed by atoms with Crippen molar-refractivity contribution < 1.29 is 4.74 Å². The average molecular weight is 227 g/mol. The fourth-order valence-corrected chi connectivity index (χ4v) is 2.68. The van der Waals surface area contributed by atoms with E-state index in [1.165, 1.54) is 25.7 Å². The number of hydrogen-bond donors (Lipinski definition) is 1. The van der Waals surface area contributed by atoms with E-state index in [2.05, 4.69) is 33.0 Å². The molecule has 1 saturated carbocycles. The molecule has 2 nitrogen and oxygen atoms in total. The molecule has 0 aliphatic heterocycles. The third kappa shape index (κ3) is 5.31. The summed E-state index contributed by atoms with van der Waals surface area (Å²) in [6.45, 7) is 11.0. The summed E-state index contributed by atoms with van der Waals surface area (Å²) in [5.41, 5.74) is 0. The van der Waals surface area contributed by atoms with Crippen molar-refractivity contribution in [3.63, 3.8) is 0 Å². The van der Waals surface area contributed by atoms with Gasteiger partial charge >= 0.3 is 0 Å². The Balaban J connectivity index is 2.08. The zero-order valence-electron chi connectivity index (χ0n) is 11.5. The van der Waals surface area contributed by atoms with E-state index in [1.54, 1.807) is 0 Å². The van der Waals surface area contributed by atoms with Gasteiger partial charge in [0, 0.05) is 12.6 Å². The fraction of sp³-hybridized carbons (Fsp3) is 1.00. The van der Waals surface area contributed by atoms with Crippen molar-refractivity contribution in [2.75, 3.05) is 13.2 Å². The quantitative estimate of drug-likeness (QED) is 0.704. The van der Waals surface area contributed by atoms with Crippen LogP contribution in [0.1, 0.15) is 53.4 Å². The maximum absolute atomic E-state index is 5.96. The largest absolute Gasteiger partial charge is 0.377 e. The number of ether oxygens (including phenoxy) is 1. The topological polar surface area (TPSA) is 21.3 Å². The van der Waals surface area contributed by atoms with Gasteiger partial charge < -0.3 is 10.1 Å². The van der Waals surface area contributed by atoms with Crippen LogP contribution in [0.2, 0.25) is 0 Å². The van der Waals surface area contributed by atoms with Crippen LogP contribution in [-0.4, -0.2) is 25.3 Å². The van der Waals surface area contributed by atoms with Crippen LogP contribution in [0.15, 0.2) is 0 Å². The first kappa shape index (κ1) is 14.0. The Labute approximate surface area is 101 Å². The Morgan fingerprint density at radius 3 is 2.38 bits per heavy atom. The number of rotatable bonds is 6. The van der Waals surface area contributed by atoms with Crippen LogP contribution in [-0.2, 0) is 4.74 Å². The first-order valence-electron chi connectivity index (χ1n) is 6.96. The molecule has 0 aromatic carbocycles. The molecule has 0 spiro atoms. The number of hydrogen-bond acceptors (Lipinski definition) is 2. The second-order valence-electron chi connectivity index (χ2n) is 5.67. The molecule has 1 aliphatic rings. The van der Waals surface area contributed by atoms with E-state index in [0.29, 0.717) is 12.1 Å². The van der Waals surface area contributed by atoms with E-state index in [-0.39, 0.29) is 0 Å². The van der Waals surface area contributed by atoms with Gasteiger partial charge in [-0.15, -0.1) is 0 Å². The summed E-state index contributed by atoms with van der Waals surface area (Å²) < 4.78 is 5.96. The molecule has 1 aliphatic carbocycles. The van der Waals surface area contributed by atoms with Crippen molar-refractivity contribution in [3.8, 4) is 0 Å². The first-order chi connectivity index (χ1) is 7.61. The van der Waals surface area contributed by atoms with Crippen LogP contribution >= 0.6 is 0 Å². The van der Waals surface area contributed by atoms with Crippen molar-refractivity contribution >= 4 is 0 Å². The molecule has 3 atom stereocenters. The van der Waals surface area contributed by atoms with Gasteiger partial charge in [0.2, 0.25) is 0 Å². The summed E-state index contributed by atoms with van der Waals surface area (Å²) >= 11 is 0. The fourth-order valence-electron chi connectivity index (χ4n) is 2.68. The summed E-state index contributed by atoms with van der Waals surface area (Å²) in [6, 6.07) is 0.618. The molecular formula is C14H29NO. The maximum Gasteiger partial charge on any atom is 0.0594 e. The molecule has 16 heavy (non-hydrogen) atoms. The van der Waals surface area contributed by atoms with Crippen molar-refractivity contribution in [1.82, 2.24) is 5.32 Å². The third-order valence-electron chi connectivity index (χ3n) is 3.70. The highest BCUT2D eigenvalue weighted by Gasteiger charge is 2.24. The predicted octanol–water partition coefficient (Wildman–Crippen LogP) is 3.22. The molecule has 0 radical (unpaired) electrons. The van der Waals surface area contributed by atoms with Gasteiger partial charge in [0.15, 0.2) is 0 Å². The summed E-state index contributed by atoms with van der Waals surface area (Å²) in [6.07, 6.45) is 5.60. The van der Waals surface area contributed by atoms with E-state index >= 15 is 0 Å². The highest BCUT2D eigenvalue weighted by Crippen LogP contribution is 2.30. The van der Waals surface area contributed by atoms with Crippen molar-refractivity contribution in [1.29, 1.82) is 0 Å². The smallest absolute Gasteiger partial charge is 0.0594 e. The molecule has 0 saturated heterocycles. The van der Waals surface area contributed by atoms with Gasteiger partial charge in [-0.3, -0.25) is 0 Å². The molecule has 2 heteroatoms. The highest BCUT2D eigenvalue weighted by atomic mass is 16.5. The molecule has 1 rings (SSSR count). The van der Waals surface area contributed by atoms with Crippen LogP contribution in [0.3, 0.4) is 0 Å². The normalized spacial score (nSPS) is 32.6. The van der Waals surface area contributed by atoms with E-state index in [4.69, 9.17) is 4.74 Å². The lowest BCUT2D eigenvalue weighted by Gasteiger charge is -2.31. The van der Waals surface area contributed by atoms with Gasteiger partial charge in [-0.25, -0.2) is 0 Å². The first-order valence-corrected chi connectivity index (χ1v) is 6.96. The summed E-state index contributed by atoms with van der Waals surface area (Å²) in [5.74, 6) is 1.69.